The molecule has 3 aliphatic rings. The quantitative estimate of drug-likeness (QED) is 0.322. The average Bonchev–Trinajstić information content (AvgIpc) is 3.59. The van der Waals surface area contributed by atoms with Crippen LogP contribution in [0.4, 0.5) is 15.3 Å². The van der Waals surface area contributed by atoms with Crippen molar-refractivity contribution in [2.75, 3.05) is 58.4 Å². The number of esters is 1. The fraction of sp³-hybridized carbons (Fsp3) is 0.452. The number of nitrogens with one attached hydrogen (secondary N) is 4. The molecule has 5 amide bonds. The number of aromatic amines is 1. The third kappa shape index (κ3) is 6.59. The Bertz CT molecular complexity index is 1570. The van der Waals surface area contributed by atoms with Crippen molar-refractivity contribution < 1.29 is 23.9 Å². The van der Waals surface area contributed by atoms with Crippen LogP contribution in [-0.2, 0) is 14.3 Å². The number of nitrogens with zero attached hydrogens (tertiary/aromatic N) is 4. The Hall–Kier alpha value is -5.01. The lowest BCUT2D eigenvalue weighted by Gasteiger charge is -2.43. The number of piperidine rings is 2. The molecule has 0 aliphatic carbocycles. The highest BCUT2D eigenvalue weighted by atomic mass is 16.5. The fourth-order valence-corrected chi connectivity index (χ4v) is 6.37. The first-order valence-corrected chi connectivity index (χ1v) is 15.1. The van der Waals surface area contributed by atoms with Crippen LogP contribution in [0.25, 0.3) is 11.0 Å². The number of imidazole rings is 1. The molecule has 0 atom stereocenters. The maximum absolute atomic E-state index is 12.4. The molecule has 1 spiro atoms. The average molecular weight is 621 g/mol. The first-order chi connectivity index (χ1) is 21.8. The second-order valence-corrected chi connectivity index (χ2v) is 11.3. The van der Waals surface area contributed by atoms with Crippen molar-refractivity contribution in [3.8, 4) is 0 Å². The zero-order chi connectivity index (χ0) is 32.0. The Morgan fingerprint density at radius 1 is 0.911 bits per heavy atom. The molecule has 3 fully saturated rings. The van der Waals surface area contributed by atoms with Crippen molar-refractivity contribution in [3.05, 3.63) is 65.1 Å². The molecule has 240 valence electrons. The molecule has 0 bridgehead atoms. The van der Waals surface area contributed by atoms with Gasteiger partial charge in [0.2, 0.25) is 5.91 Å². The largest absolute Gasteiger partial charge is 0.468 e. The van der Waals surface area contributed by atoms with Crippen LogP contribution in [0.15, 0.2) is 59.4 Å². The highest BCUT2D eigenvalue weighted by Crippen LogP contribution is 2.36. The van der Waals surface area contributed by atoms with Crippen LogP contribution in [0.5, 0.6) is 0 Å². The number of amides is 5. The summed E-state index contributed by atoms with van der Waals surface area (Å²) < 4.78 is 6.27. The number of para-hydroxylation sites is 3. The van der Waals surface area contributed by atoms with E-state index in [-0.39, 0.29) is 36.2 Å². The number of benzene rings is 2. The maximum atomic E-state index is 12.4. The first kappa shape index (κ1) is 31.4. The van der Waals surface area contributed by atoms with Gasteiger partial charge in [-0.25, -0.2) is 14.4 Å². The van der Waals surface area contributed by atoms with Gasteiger partial charge in [-0.2, -0.15) is 0 Å². The van der Waals surface area contributed by atoms with Crippen LogP contribution >= 0.6 is 0 Å². The standard InChI is InChI=1S/C16H20N4O4.C15H20N4O2/c1-24-14(21)10-17-15(22)19-8-6-11(7-9-19)20-13-5-3-2-4-12(13)18-16(20)23;1-16-14(21)18-9-7-15(8-10-18)13(20)17-11-19(15)12-5-3-2-4-6-12/h2-5,11H,6-10H2,1H3,(H,17,22)(H,18,23);2-6H,7-11H2,1H3,(H,16,21)(H,17,20). The molecule has 6 rings (SSSR count). The summed E-state index contributed by atoms with van der Waals surface area (Å²) in [4.78, 5) is 67.8. The molecule has 3 aromatic rings. The summed E-state index contributed by atoms with van der Waals surface area (Å²) in [7, 11) is 2.91. The van der Waals surface area contributed by atoms with Crippen LogP contribution in [0.1, 0.15) is 31.7 Å². The maximum Gasteiger partial charge on any atom is 0.326 e. The van der Waals surface area contributed by atoms with Gasteiger partial charge in [0.05, 0.1) is 24.8 Å². The zero-order valence-corrected chi connectivity index (χ0v) is 25.6. The molecule has 0 radical (unpaired) electrons. The van der Waals surface area contributed by atoms with Gasteiger partial charge in [0.1, 0.15) is 12.1 Å². The lowest BCUT2D eigenvalue weighted by Crippen LogP contribution is -2.58. The smallest absolute Gasteiger partial charge is 0.326 e. The minimum absolute atomic E-state index is 0.0540. The summed E-state index contributed by atoms with van der Waals surface area (Å²) in [6.07, 6.45) is 2.68. The summed E-state index contributed by atoms with van der Waals surface area (Å²) in [5, 5.41) is 8.13. The number of anilines is 1. The summed E-state index contributed by atoms with van der Waals surface area (Å²) in [6.45, 7) is 2.64. The number of carbonyl (C=O) groups excluding carboxylic acids is 4. The lowest BCUT2D eigenvalue weighted by atomic mass is 9.86. The van der Waals surface area contributed by atoms with Gasteiger partial charge in [-0.3, -0.25) is 14.2 Å². The molecule has 0 saturated carbocycles. The molecule has 3 saturated heterocycles. The minimum atomic E-state index is -0.522. The van der Waals surface area contributed by atoms with E-state index in [0.29, 0.717) is 58.5 Å². The number of rotatable bonds is 4. The van der Waals surface area contributed by atoms with E-state index in [1.165, 1.54) is 7.11 Å². The Kier molecular flexibility index (Phi) is 9.59. The second-order valence-electron chi connectivity index (χ2n) is 11.3. The number of fused-ring (bicyclic) bond motifs is 1. The van der Waals surface area contributed by atoms with Crippen LogP contribution in [-0.4, -0.2) is 102 Å². The number of H-pyrrole nitrogens is 1. The lowest BCUT2D eigenvalue weighted by molar-refractivity contribution is -0.139. The number of urea groups is 2. The monoisotopic (exact) mass is 620 g/mol. The van der Waals surface area contributed by atoms with Crippen LogP contribution in [0.2, 0.25) is 0 Å². The number of hydrogen-bond donors (Lipinski definition) is 4. The van der Waals surface area contributed by atoms with Gasteiger partial charge >= 0.3 is 23.7 Å². The van der Waals surface area contributed by atoms with E-state index in [1.807, 2.05) is 54.6 Å². The number of carbonyl (C=O) groups is 4. The van der Waals surface area contributed by atoms with Crippen LogP contribution in [0.3, 0.4) is 0 Å². The molecule has 2 aromatic carbocycles. The molecule has 4 N–H and O–H groups in total. The third-order valence-corrected chi connectivity index (χ3v) is 8.85. The van der Waals surface area contributed by atoms with Gasteiger partial charge in [-0.05, 0) is 49.9 Å². The van der Waals surface area contributed by atoms with Gasteiger partial charge in [0, 0.05) is 45.0 Å². The first-order valence-electron chi connectivity index (χ1n) is 15.1. The predicted molar refractivity (Wildman–Crippen MR) is 168 cm³/mol. The molecular formula is C31H40N8O6. The van der Waals surface area contributed by atoms with Gasteiger partial charge in [0.25, 0.3) is 0 Å². The Morgan fingerprint density at radius 3 is 2.22 bits per heavy atom. The van der Waals surface area contributed by atoms with Gasteiger partial charge in [-0.1, -0.05) is 30.3 Å². The SMILES string of the molecule is CNC(=O)N1CCC2(CC1)C(=O)NCN2c1ccccc1.COC(=O)CNC(=O)N1CCC(n2c(=O)[nH]c3ccccc32)CC1. The Balaban J connectivity index is 0.000000179. The van der Waals surface area contributed by atoms with E-state index in [4.69, 9.17) is 0 Å². The van der Waals surface area contributed by atoms with Gasteiger partial charge in [-0.15, -0.1) is 0 Å². The molecule has 14 nitrogen and oxygen atoms in total. The van der Waals surface area contributed by atoms with E-state index in [1.54, 1.807) is 21.4 Å². The van der Waals surface area contributed by atoms with Crippen molar-refractivity contribution in [2.24, 2.45) is 0 Å². The Labute approximate surface area is 260 Å². The molecule has 0 unspecified atom stereocenters. The van der Waals surface area contributed by atoms with E-state index in [2.05, 4.69) is 30.6 Å². The summed E-state index contributed by atoms with van der Waals surface area (Å²) in [5.74, 6) is -0.411. The van der Waals surface area contributed by atoms with Crippen molar-refractivity contribution in [1.82, 2.24) is 35.3 Å². The topological polar surface area (TPSA) is 161 Å². The number of ether oxygens (including phenoxy) is 1. The molecule has 14 heteroatoms. The number of hydrogen-bond acceptors (Lipinski definition) is 7. The van der Waals surface area contributed by atoms with Crippen molar-refractivity contribution in [1.29, 1.82) is 0 Å². The number of likely N-dealkylation sites (tertiary alicyclic amines) is 2. The highest BCUT2D eigenvalue weighted by Gasteiger charge is 2.50. The van der Waals surface area contributed by atoms with Crippen molar-refractivity contribution in [2.45, 2.75) is 37.3 Å². The fourth-order valence-electron chi connectivity index (χ4n) is 6.37. The summed E-state index contributed by atoms with van der Waals surface area (Å²) in [5.41, 5.74) is 2.11. The third-order valence-electron chi connectivity index (χ3n) is 8.85. The zero-order valence-electron chi connectivity index (χ0n) is 25.6. The second kappa shape index (κ2) is 13.7. The molecule has 45 heavy (non-hydrogen) atoms. The number of aromatic nitrogens is 2. The molecule has 1 aromatic heterocycles. The van der Waals surface area contributed by atoms with Crippen molar-refractivity contribution in [3.63, 3.8) is 0 Å². The molecular weight excluding hydrogens is 580 g/mol. The minimum Gasteiger partial charge on any atom is -0.468 e. The Morgan fingerprint density at radius 2 is 1.56 bits per heavy atom. The normalized spacial score (nSPS) is 17.8. The van der Waals surface area contributed by atoms with Crippen LogP contribution < -0.4 is 26.5 Å². The predicted octanol–water partition coefficient (Wildman–Crippen LogP) is 1.60. The van der Waals surface area contributed by atoms with Crippen LogP contribution in [0, 0.1) is 0 Å². The van der Waals surface area contributed by atoms with E-state index in [0.717, 1.165) is 16.7 Å². The molecule has 4 heterocycles. The molecule has 3 aliphatic heterocycles. The van der Waals surface area contributed by atoms with Gasteiger partial charge in [0.15, 0.2) is 0 Å². The van der Waals surface area contributed by atoms with E-state index >= 15 is 0 Å². The number of methoxy groups -OCH3 is 1. The van der Waals surface area contributed by atoms with E-state index < -0.39 is 11.5 Å². The highest BCUT2D eigenvalue weighted by molar-refractivity contribution is 5.93. The van der Waals surface area contributed by atoms with Gasteiger partial charge < -0.3 is 40.4 Å². The van der Waals surface area contributed by atoms with Crippen molar-refractivity contribution >= 4 is 40.7 Å². The summed E-state index contributed by atoms with van der Waals surface area (Å²) >= 11 is 0. The van der Waals surface area contributed by atoms with E-state index in [9.17, 15) is 24.0 Å². The summed E-state index contributed by atoms with van der Waals surface area (Å²) in [6, 6.07) is 17.2.